The van der Waals surface area contributed by atoms with Crippen molar-refractivity contribution in [1.82, 2.24) is 0 Å². The lowest BCUT2D eigenvalue weighted by Gasteiger charge is -2.29. The summed E-state index contributed by atoms with van der Waals surface area (Å²) >= 11 is 5.03. The highest BCUT2D eigenvalue weighted by Crippen LogP contribution is 2.28. The molecular formula is C16H23NO2S. The van der Waals surface area contributed by atoms with Gasteiger partial charge in [-0.3, -0.25) is 0 Å². The molecule has 1 fully saturated rings. The molecule has 2 unspecified atom stereocenters. The third kappa shape index (κ3) is 3.70. The van der Waals surface area contributed by atoms with Crippen molar-refractivity contribution in [2.45, 2.75) is 45.3 Å². The van der Waals surface area contributed by atoms with E-state index in [1.807, 2.05) is 18.2 Å². The molecule has 2 rings (SSSR count). The molecule has 0 aromatic heterocycles. The van der Waals surface area contributed by atoms with E-state index in [2.05, 4.69) is 6.92 Å². The molecule has 4 heteroatoms. The molecular weight excluding hydrogens is 270 g/mol. The predicted molar refractivity (Wildman–Crippen MR) is 85.1 cm³/mol. The van der Waals surface area contributed by atoms with Gasteiger partial charge in [0.1, 0.15) is 10.7 Å². The summed E-state index contributed by atoms with van der Waals surface area (Å²) in [6.45, 7) is 2.82. The van der Waals surface area contributed by atoms with Gasteiger partial charge in [-0.05, 0) is 37.0 Å². The molecule has 0 amide bonds. The Balaban J connectivity index is 2.07. The van der Waals surface area contributed by atoms with E-state index in [-0.39, 0.29) is 0 Å². The fourth-order valence-electron chi connectivity index (χ4n) is 2.77. The van der Waals surface area contributed by atoms with Crippen LogP contribution < -0.4 is 10.5 Å². The fourth-order valence-corrected chi connectivity index (χ4v) is 2.90. The third-order valence-electron chi connectivity index (χ3n) is 4.05. The molecule has 0 spiro atoms. The summed E-state index contributed by atoms with van der Waals surface area (Å²) in [6, 6.07) is 5.75. The Morgan fingerprint density at radius 3 is 2.75 bits per heavy atom. The van der Waals surface area contributed by atoms with Crippen molar-refractivity contribution in [2.75, 3.05) is 7.11 Å². The maximum atomic E-state index is 6.09. The normalized spacial score (nSPS) is 22.5. The maximum Gasteiger partial charge on any atom is 0.124 e. The van der Waals surface area contributed by atoms with E-state index in [9.17, 15) is 0 Å². The van der Waals surface area contributed by atoms with Gasteiger partial charge in [0.05, 0.1) is 19.8 Å². The molecule has 0 heterocycles. The minimum Gasteiger partial charge on any atom is -0.496 e. The summed E-state index contributed by atoms with van der Waals surface area (Å²) in [5, 5.41) is 0. The zero-order chi connectivity index (χ0) is 14.5. The first-order chi connectivity index (χ1) is 9.61. The van der Waals surface area contributed by atoms with Crippen molar-refractivity contribution in [3.8, 4) is 5.75 Å². The minimum atomic E-state index is 0.349. The lowest BCUT2D eigenvalue weighted by atomic mass is 9.88. The van der Waals surface area contributed by atoms with Crippen LogP contribution in [0.5, 0.6) is 5.75 Å². The summed E-state index contributed by atoms with van der Waals surface area (Å²) in [5.74, 6) is 1.46. The first-order valence-electron chi connectivity index (χ1n) is 7.20. The number of rotatable bonds is 5. The molecule has 110 valence electrons. The Bertz CT molecular complexity index is 476. The van der Waals surface area contributed by atoms with E-state index >= 15 is 0 Å². The third-order valence-corrected chi connectivity index (χ3v) is 4.29. The van der Waals surface area contributed by atoms with Gasteiger partial charge in [-0.25, -0.2) is 0 Å². The van der Waals surface area contributed by atoms with Crippen LogP contribution in [0.2, 0.25) is 0 Å². The average Bonchev–Trinajstić information content (AvgIpc) is 2.46. The van der Waals surface area contributed by atoms with E-state index in [4.69, 9.17) is 27.4 Å². The molecule has 1 aliphatic rings. The van der Waals surface area contributed by atoms with Gasteiger partial charge in [0.25, 0.3) is 0 Å². The molecule has 0 saturated heterocycles. The number of nitrogens with two attached hydrogens (primary N) is 1. The van der Waals surface area contributed by atoms with Crippen molar-refractivity contribution < 1.29 is 9.47 Å². The van der Waals surface area contributed by atoms with E-state index < -0.39 is 0 Å². The number of thiocarbonyl (C=S) groups is 1. The van der Waals surface area contributed by atoms with Crippen LogP contribution in [0.1, 0.15) is 43.7 Å². The Kier molecular flexibility index (Phi) is 5.38. The maximum absolute atomic E-state index is 6.09. The monoisotopic (exact) mass is 293 g/mol. The van der Waals surface area contributed by atoms with Crippen LogP contribution in [-0.2, 0) is 11.3 Å². The standard InChI is InChI=1S/C16H23NO2S/c1-11-5-3-4-6-14(11)19-10-13-9-12(16(17)20)7-8-15(13)18-2/h7-9,11,14H,3-6,10H2,1-2H3,(H2,17,20). The van der Waals surface area contributed by atoms with Crippen LogP contribution in [0.25, 0.3) is 0 Å². The van der Waals surface area contributed by atoms with Crippen molar-refractivity contribution >= 4 is 17.2 Å². The van der Waals surface area contributed by atoms with E-state index in [0.717, 1.165) is 23.3 Å². The molecule has 3 nitrogen and oxygen atoms in total. The van der Waals surface area contributed by atoms with Gasteiger partial charge in [0.2, 0.25) is 0 Å². The van der Waals surface area contributed by atoms with Crippen LogP contribution >= 0.6 is 12.2 Å². The second-order valence-electron chi connectivity index (χ2n) is 5.50. The second kappa shape index (κ2) is 7.04. The highest BCUT2D eigenvalue weighted by Gasteiger charge is 2.22. The average molecular weight is 293 g/mol. The van der Waals surface area contributed by atoms with Crippen LogP contribution in [0.15, 0.2) is 18.2 Å². The molecule has 1 aromatic rings. The molecule has 2 N–H and O–H groups in total. The van der Waals surface area contributed by atoms with E-state index in [1.165, 1.54) is 19.3 Å². The number of methoxy groups -OCH3 is 1. The van der Waals surface area contributed by atoms with Gasteiger partial charge in [0.15, 0.2) is 0 Å². The summed E-state index contributed by atoms with van der Waals surface area (Å²) in [5.41, 5.74) is 7.55. The van der Waals surface area contributed by atoms with Gasteiger partial charge >= 0.3 is 0 Å². The number of benzene rings is 1. The highest BCUT2D eigenvalue weighted by atomic mass is 32.1. The van der Waals surface area contributed by atoms with Crippen molar-refractivity contribution in [3.63, 3.8) is 0 Å². The summed E-state index contributed by atoms with van der Waals surface area (Å²) in [4.78, 5) is 0.403. The predicted octanol–water partition coefficient (Wildman–Crippen LogP) is 3.42. The van der Waals surface area contributed by atoms with Crippen LogP contribution in [0.4, 0.5) is 0 Å². The van der Waals surface area contributed by atoms with Crippen molar-refractivity contribution in [3.05, 3.63) is 29.3 Å². The molecule has 1 aromatic carbocycles. The lowest BCUT2D eigenvalue weighted by molar-refractivity contribution is -0.0160. The summed E-state index contributed by atoms with van der Waals surface area (Å²) in [6.07, 6.45) is 5.34. The molecule has 1 saturated carbocycles. The number of hydrogen-bond donors (Lipinski definition) is 1. The molecule has 20 heavy (non-hydrogen) atoms. The van der Waals surface area contributed by atoms with Crippen LogP contribution in [-0.4, -0.2) is 18.2 Å². The molecule has 1 aliphatic carbocycles. The highest BCUT2D eigenvalue weighted by molar-refractivity contribution is 7.80. The van der Waals surface area contributed by atoms with Gasteiger partial charge in [-0.1, -0.05) is 32.0 Å². The second-order valence-corrected chi connectivity index (χ2v) is 5.94. The van der Waals surface area contributed by atoms with Gasteiger partial charge in [-0.15, -0.1) is 0 Å². The first-order valence-corrected chi connectivity index (χ1v) is 7.61. The summed E-state index contributed by atoms with van der Waals surface area (Å²) < 4.78 is 11.5. The Hall–Kier alpha value is -1.13. The molecule has 2 atom stereocenters. The first kappa shape index (κ1) is 15.3. The van der Waals surface area contributed by atoms with E-state index in [1.54, 1.807) is 7.11 Å². The van der Waals surface area contributed by atoms with Gasteiger partial charge < -0.3 is 15.2 Å². The Labute approximate surface area is 126 Å². The molecule has 0 radical (unpaired) electrons. The van der Waals surface area contributed by atoms with Crippen LogP contribution in [0, 0.1) is 5.92 Å². The zero-order valence-electron chi connectivity index (χ0n) is 12.2. The van der Waals surface area contributed by atoms with Gasteiger partial charge in [-0.2, -0.15) is 0 Å². The lowest BCUT2D eigenvalue weighted by Crippen LogP contribution is -2.25. The largest absolute Gasteiger partial charge is 0.496 e. The molecule has 0 bridgehead atoms. The van der Waals surface area contributed by atoms with Crippen LogP contribution in [0.3, 0.4) is 0 Å². The fraction of sp³-hybridized carbons (Fsp3) is 0.562. The summed E-state index contributed by atoms with van der Waals surface area (Å²) in [7, 11) is 1.67. The Morgan fingerprint density at radius 1 is 1.35 bits per heavy atom. The molecule has 0 aliphatic heterocycles. The number of ether oxygens (including phenoxy) is 2. The SMILES string of the molecule is COc1ccc(C(N)=S)cc1COC1CCCCC1C. The number of hydrogen-bond acceptors (Lipinski definition) is 3. The Morgan fingerprint density at radius 2 is 2.10 bits per heavy atom. The quantitative estimate of drug-likeness (QED) is 0.845. The zero-order valence-corrected chi connectivity index (χ0v) is 13.0. The topological polar surface area (TPSA) is 44.5 Å². The van der Waals surface area contributed by atoms with Crippen molar-refractivity contribution in [2.24, 2.45) is 11.7 Å². The van der Waals surface area contributed by atoms with Crippen molar-refractivity contribution in [1.29, 1.82) is 0 Å². The minimum absolute atomic E-state index is 0.349. The van der Waals surface area contributed by atoms with Gasteiger partial charge in [0, 0.05) is 11.1 Å². The van der Waals surface area contributed by atoms with E-state index in [0.29, 0.717) is 23.6 Å². The smallest absolute Gasteiger partial charge is 0.124 e.